The molecule has 0 bridgehead atoms. The average Bonchev–Trinajstić information content (AvgIpc) is 2.66. The van der Waals surface area contributed by atoms with Gasteiger partial charge in [0.1, 0.15) is 12.1 Å². The highest BCUT2D eigenvalue weighted by molar-refractivity contribution is 9.10. The maximum atomic E-state index is 12.1. The molecule has 2 rings (SSSR count). The van der Waals surface area contributed by atoms with E-state index in [1.165, 1.54) is 0 Å². The van der Waals surface area contributed by atoms with Crippen molar-refractivity contribution < 1.29 is 19.1 Å². The van der Waals surface area contributed by atoms with E-state index < -0.39 is 11.7 Å². The third-order valence-corrected chi connectivity index (χ3v) is 4.33. The Balaban J connectivity index is 1.74. The molecule has 0 aromatic heterocycles. The second kappa shape index (κ2) is 10.8. The maximum Gasteiger partial charge on any atom is 0.408 e. The van der Waals surface area contributed by atoms with Crippen molar-refractivity contribution in [2.75, 3.05) is 17.2 Å². The molecule has 0 heterocycles. The molecular weight excluding hydrogens is 450 g/mol. The molecule has 2 aromatic rings. The van der Waals surface area contributed by atoms with Crippen molar-refractivity contribution in [2.45, 2.75) is 39.2 Å². The summed E-state index contributed by atoms with van der Waals surface area (Å²) in [5, 5.41) is 7.89. The minimum Gasteiger partial charge on any atom is -0.444 e. The Morgan fingerprint density at radius 2 is 1.40 bits per heavy atom. The summed E-state index contributed by atoms with van der Waals surface area (Å²) in [6.07, 6.45) is 0.368. The molecule has 160 valence electrons. The zero-order valence-corrected chi connectivity index (χ0v) is 18.8. The third-order valence-electron chi connectivity index (χ3n) is 3.80. The molecule has 0 atom stereocenters. The van der Waals surface area contributed by atoms with Gasteiger partial charge in [-0.15, -0.1) is 0 Å². The first-order valence-electron chi connectivity index (χ1n) is 9.52. The van der Waals surface area contributed by atoms with E-state index in [-0.39, 0.29) is 18.4 Å². The Bertz CT molecular complexity index is 875. The van der Waals surface area contributed by atoms with Crippen LogP contribution in [0.2, 0.25) is 0 Å². The van der Waals surface area contributed by atoms with Crippen molar-refractivity contribution in [1.29, 1.82) is 0 Å². The highest BCUT2D eigenvalue weighted by Crippen LogP contribution is 2.15. The van der Waals surface area contributed by atoms with Crippen molar-refractivity contribution in [3.05, 3.63) is 58.6 Å². The van der Waals surface area contributed by atoms with Crippen molar-refractivity contribution in [3.63, 3.8) is 0 Å². The van der Waals surface area contributed by atoms with E-state index >= 15 is 0 Å². The molecule has 0 aliphatic carbocycles. The van der Waals surface area contributed by atoms with E-state index in [4.69, 9.17) is 4.74 Å². The Kier molecular flexibility index (Phi) is 8.41. The standard InChI is InChI=1S/C22H26BrN3O4/c1-22(2,3)30-21(29)24-14-20(28)26-18-11-9-17(10-12-18)25-19(27)13-6-15-4-7-16(23)8-5-15/h4-5,7-12H,6,13-14H2,1-3H3,(H,24,29)(H,25,27)(H,26,28). The number of alkyl carbamates (subject to hydrolysis) is 1. The number of rotatable bonds is 7. The molecule has 0 aliphatic heterocycles. The van der Waals surface area contributed by atoms with E-state index in [9.17, 15) is 14.4 Å². The minimum atomic E-state index is -0.654. The lowest BCUT2D eigenvalue weighted by Crippen LogP contribution is -2.37. The van der Waals surface area contributed by atoms with Crippen LogP contribution in [0.1, 0.15) is 32.8 Å². The van der Waals surface area contributed by atoms with E-state index in [2.05, 4.69) is 31.9 Å². The van der Waals surface area contributed by atoms with Gasteiger partial charge >= 0.3 is 6.09 Å². The summed E-state index contributed by atoms with van der Waals surface area (Å²) in [6.45, 7) is 5.03. The van der Waals surface area contributed by atoms with Crippen molar-refractivity contribution >= 4 is 45.2 Å². The highest BCUT2D eigenvalue weighted by atomic mass is 79.9. The summed E-state index contributed by atoms with van der Waals surface area (Å²) in [7, 11) is 0. The van der Waals surface area contributed by atoms with Crippen LogP contribution in [0.15, 0.2) is 53.0 Å². The number of nitrogens with one attached hydrogen (secondary N) is 3. The van der Waals surface area contributed by atoms with Crippen LogP contribution in [-0.2, 0) is 20.7 Å². The maximum absolute atomic E-state index is 12.1. The molecule has 30 heavy (non-hydrogen) atoms. The number of anilines is 2. The van der Waals surface area contributed by atoms with Gasteiger partial charge in [-0.05, 0) is 69.2 Å². The van der Waals surface area contributed by atoms with E-state index in [0.29, 0.717) is 24.2 Å². The quantitative estimate of drug-likeness (QED) is 0.549. The molecule has 3 amide bonds. The summed E-state index contributed by atoms with van der Waals surface area (Å²) in [5.41, 5.74) is 1.66. The Hall–Kier alpha value is -2.87. The van der Waals surface area contributed by atoms with Crippen LogP contribution in [0, 0.1) is 0 Å². The molecule has 0 aliphatic rings. The highest BCUT2D eigenvalue weighted by Gasteiger charge is 2.16. The van der Waals surface area contributed by atoms with Crippen LogP contribution in [-0.4, -0.2) is 30.1 Å². The third kappa shape index (κ3) is 9.09. The molecule has 2 aromatic carbocycles. The van der Waals surface area contributed by atoms with E-state index in [0.717, 1.165) is 10.0 Å². The molecule has 7 nitrogen and oxygen atoms in total. The number of benzene rings is 2. The van der Waals surface area contributed by atoms with E-state index in [1.807, 2.05) is 24.3 Å². The van der Waals surface area contributed by atoms with Gasteiger partial charge in [-0.3, -0.25) is 9.59 Å². The molecule has 0 saturated heterocycles. The lowest BCUT2D eigenvalue weighted by molar-refractivity contribution is -0.116. The molecule has 0 saturated carbocycles. The normalized spacial score (nSPS) is 10.8. The largest absolute Gasteiger partial charge is 0.444 e. The first-order chi connectivity index (χ1) is 14.1. The topological polar surface area (TPSA) is 96.5 Å². The lowest BCUT2D eigenvalue weighted by Gasteiger charge is -2.19. The van der Waals surface area contributed by atoms with Gasteiger partial charge in [0.05, 0.1) is 0 Å². The Morgan fingerprint density at radius 1 is 0.867 bits per heavy atom. The van der Waals surface area contributed by atoms with Crippen LogP contribution in [0.4, 0.5) is 16.2 Å². The summed E-state index contributed by atoms with van der Waals surface area (Å²) < 4.78 is 6.08. The predicted octanol–water partition coefficient (Wildman–Crippen LogP) is 4.48. The van der Waals surface area contributed by atoms with Crippen LogP contribution in [0.5, 0.6) is 0 Å². The molecule has 0 fully saturated rings. The zero-order valence-electron chi connectivity index (χ0n) is 17.3. The summed E-state index contributed by atoms with van der Waals surface area (Å²) in [4.78, 5) is 35.6. The summed E-state index contributed by atoms with van der Waals surface area (Å²) >= 11 is 3.39. The fourth-order valence-corrected chi connectivity index (χ4v) is 2.71. The van der Waals surface area contributed by atoms with Gasteiger partial charge in [0.25, 0.3) is 0 Å². The Labute approximate surface area is 184 Å². The number of amides is 3. The monoisotopic (exact) mass is 475 g/mol. The lowest BCUT2D eigenvalue weighted by atomic mass is 10.1. The van der Waals surface area contributed by atoms with Crippen LogP contribution < -0.4 is 16.0 Å². The summed E-state index contributed by atoms with van der Waals surface area (Å²) in [5.74, 6) is -0.469. The molecular formula is C22H26BrN3O4. The van der Waals surface area contributed by atoms with Crippen LogP contribution in [0.25, 0.3) is 0 Å². The van der Waals surface area contributed by atoms with Gasteiger partial charge in [-0.2, -0.15) is 0 Å². The summed E-state index contributed by atoms with van der Waals surface area (Å²) in [6, 6.07) is 14.6. The zero-order chi connectivity index (χ0) is 22.1. The van der Waals surface area contributed by atoms with Crippen molar-refractivity contribution in [3.8, 4) is 0 Å². The van der Waals surface area contributed by atoms with Gasteiger partial charge < -0.3 is 20.7 Å². The second-order valence-electron chi connectivity index (χ2n) is 7.66. The number of carbonyl (C=O) groups is 3. The molecule has 3 N–H and O–H groups in total. The number of hydrogen-bond acceptors (Lipinski definition) is 4. The first-order valence-corrected chi connectivity index (χ1v) is 10.3. The SMILES string of the molecule is CC(C)(C)OC(=O)NCC(=O)Nc1ccc(NC(=O)CCc2ccc(Br)cc2)cc1. The van der Waals surface area contributed by atoms with Crippen molar-refractivity contribution in [1.82, 2.24) is 5.32 Å². The van der Waals surface area contributed by atoms with Gasteiger partial charge in [-0.1, -0.05) is 28.1 Å². The first kappa shape index (κ1) is 23.4. The van der Waals surface area contributed by atoms with Gasteiger partial charge in [0.15, 0.2) is 0 Å². The molecule has 0 radical (unpaired) electrons. The smallest absolute Gasteiger partial charge is 0.408 e. The van der Waals surface area contributed by atoms with Gasteiger partial charge in [-0.25, -0.2) is 4.79 Å². The second-order valence-corrected chi connectivity index (χ2v) is 8.57. The molecule has 0 spiro atoms. The fourth-order valence-electron chi connectivity index (χ4n) is 2.44. The van der Waals surface area contributed by atoms with E-state index in [1.54, 1.807) is 45.0 Å². The minimum absolute atomic E-state index is 0.0868. The van der Waals surface area contributed by atoms with Crippen molar-refractivity contribution in [2.24, 2.45) is 0 Å². The Morgan fingerprint density at radius 3 is 1.93 bits per heavy atom. The van der Waals surface area contributed by atoms with Crippen LogP contribution >= 0.6 is 15.9 Å². The van der Waals surface area contributed by atoms with Gasteiger partial charge in [0.2, 0.25) is 11.8 Å². The number of carbonyl (C=O) groups excluding carboxylic acids is 3. The number of ether oxygens (including phenoxy) is 1. The average molecular weight is 476 g/mol. The number of hydrogen-bond donors (Lipinski definition) is 3. The number of aryl methyl sites for hydroxylation is 1. The number of halogens is 1. The fraction of sp³-hybridized carbons (Fsp3) is 0.318. The van der Waals surface area contributed by atoms with Gasteiger partial charge in [0, 0.05) is 22.3 Å². The predicted molar refractivity (Wildman–Crippen MR) is 120 cm³/mol. The molecule has 8 heteroatoms. The van der Waals surface area contributed by atoms with Crippen LogP contribution in [0.3, 0.4) is 0 Å². The molecule has 0 unspecified atom stereocenters.